The van der Waals surface area contributed by atoms with E-state index in [2.05, 4.69) is 39.9 Å². The summed E-state index contributed by atoms with van der Waals surface area (Å²) in [6.07, 6.45) is 3.39. The average molecular weight is 394 g/mol. The highest BCUT2D eigenvalue weighted by atomic mass is 19.1. The van der Waals surface area contributed by atoms with E-state index in [1.807, 2.05) is 34.9 Å². The van der Waals surface area contributed by atoms with Crippen molar-refractivity contribution in [1.29, 1.82) is 0 Å². The monoisotopic (exact) mass is 394 g/mol. The summed E-state index contributed by atoms with van der Waals surface area (Å²) >= 11 is 0. The van der Waals surface area contributed by atoms with Crippen LogP contribution in [0.2, 0.25) is 0 Å². The Morgan fingerprint density at radius 1 is 1.00 bits per heavy atom. The first-order valence-electron chi connectivity index (χ1n) is 9.92. The Balaban J connectivity index is 1.55. The second kappa shape index (κ2) is 10.9. The fourth-order valence-electron chi connectivity index (χ4n) is 2.94. The minimum atomic E-state index is -0.214. The maximum atomic E-state index is 13.1. The van der Waals surface area contributed by atoms with Crippen molar-refractivity contribution >= 4 is 5.96 Å². The lowest BCUT2D eigenvalue weighted by Gasteiger charge is -2.13. The van der Waals surface area contributed by atoms with Gasteiger partial charge in [-0.2, -0.15) is 0 Å². The summed E-state index contributed by atoms with van der Waals surface area (Å²) in [4.78, 5) is 4.69. The van der Waals surface area contributed by atoms with E-state index in [-0.39, 0.29) is 5.82 Å². The van der Waals surface area contributed by atoms with Gasteiger partial charge >= 0.3 is 0 Å². The lowest BCUT2D eigenvalue weighted by molar-refractivity contribution is 0.626. The summed E-state index contributed by atoms with van der Waals surface area (Å²) in [7, 11) is 0. The molecule has 29 heavy (non-hydrogen) atoms. The zero-order valence-electron chi connectivity index (χ0n) is 16.7. The first-order valence-corrected chi connectivity index (χ1v) is 9.92. The van der Waals surface area contributed by atoms with Crippen molar-refractivity contribution in [3.8, 4) is 0 Å². The van der Waals surface area contributed by atoms with Crippen LogP contribution in [0.1, 0.15) is 23.9 Å². The highest BCUT2D eigenvalue weighted by Gasteiger charge is 2.03. The van der Waals surface area contributed by atoms with E-state index in [4.69, 9.17) is 4.99 Å². The van der Waals surface area contributed by atoms with E-state index < -0.39 is 0 Å². The lowest BCUT2D eigenvalue weighted by atomic mass is 10.1. The third kappa shape index (κ3) is 6.71. The summed E-state index contributed by atoms with van der Waals surface area (Å²) in [5.74, 6) is 1.51. The summed E-state index contributed by atoms with van der Waals surface area (Å²) in [6.45, 7) is 4.85. The summed E-state index contributed by atoms with van der Waals surface area (Å²) in [5, 5.41) is 14.8. The van der Waals surface area contributed by atoms with Gasteiger partial charge in [0.05, 0.1) is 6.54 Å². The van der Waals surface area contributed by atoms with Gasteiger partial charge in [0.15, 0.2) is 5.96 Å². The standard InChI is InChI=1S/C22H27FN6/c1-2-21-28-27-17-29(21)15-14-25-22(26-16-19-6-4-3-5-7-19)24-13-12-18-8-10-20(23)11-9-18/h3-11,17H,2,12-16H2,1H3,(H2,24,25,26). The van der Waals surface area contributed by atoms with Crippen molar-refractivity contribution < 1.29 is 4.39 Å². The molecule has 1 heterocycles. The van der Waals surface area contributed by atoms with Gasteiger partial charge in [0.2, 0.25) is 0 Å². The molecule has 7 heteroatoms. The number of nitrogens with one attached hydrogen (secondary N) is 2. The molecular formula is C22H27FN6. The van der Waals surface area contributed by atoms with Gasteiger partial charge in [-0.25, -0.2) is 9.38 Å². The molecule has 152 valence electrons. The van der Waals surface area contributed by atoms with Crippen molar-refractivity contribution in [2.75, 3.05) is 13.1 Å². The van der Waals surface area contributed by atoms with Crippen molar-refractivity contribution in [1.82, 2.24) is 25.4 Å². The number of aliphatic imine (C=N–C) groups is 1. The van der Waals surface area contributed by atoms with Crippen LogP contribution < -0.4 is 10.6 Å². The molecule has 0 aliphatic carbocycles. The molecule has 3 aromatic rings. The van der Waals surface area contributed by atoms with Gasteiger partial charge in [-0.15, -0.1) is 10.2 Å². The van der Waals surface area contributed by atoms with Gasteiger partial charge in [0.1, 0.15) is 18.0 Å². The number of halogens is 1. The van der Waals surface area contributed by atoms with Crippen LogP contribution in [0.15, 0.2) is 65.9 Å². The molecular weight excluding hydrogens is 367 g/mol. The number of rotatable bonds is 9. The molecule has 0 spiro atoms. The summed E-state index contributed by atoms with van der Waals surface area (Å²) < 4.78 is 15.1. The molecule has 0 saturated carbocycles. The summed E-state index contributed by atoms with van der Waals surface area (Å²) in [5.41, 5.74) is 2.23. The minimum Gasteiger partial charge on any atom is -0.356 e. The van der Waals surface area contributed by atoms with Crippen LogP contribution in [0.5, 0.6) is 0 Å². The maximum Gasteiger partial charge on any atom is 0.191 e. The van der Waals surface area contributed by atoms with Crippen LogP contribution >= 0.6 is 0 Å². The predicted octanol–water partition coefficient (Wildman–Crippen LogP) is 2.96. The van der Waals surface area contributed by atoms with Gasteiger partial charge in [0, 0.05) is 26.1 Å². The first-order chi connectivity index (χ1) is 14.2. The first kappa shape index (κ1) is 20.5. The number of aryl methyl sites for hydroxylation is 1. The van der Waals surface area contributed by atoms with Crippen LogP contribution in [0.25, 0.3) is 0 Å². The topological polar surface area (TPSA) is 67.1 Å². The molecule has 0 aliphatic rings. The molecule has 0 atom stereocenters. The Bertz CT molecular complexity index is 889. The molecule has 0 fully saturated rings. The number of aromatic nitrogens is 3. The molecule has 0 amide bonds. The smallest absolute Gasteiger partial charge is 0.191 e. The Labute approximate surface area is 170 Å². The Kier molecular flexibility index (Phi) is 7.74. The van der Waals surface area contributed by atoms with Crippen molar-refractivity contribution in [3.05, 3.63) is 83.7 Å². The molecule has 2 N–H and O–H groups in total. The van der Waals surface area contributed by atoms with E-state index in [1.165, 1.54) is 12.1 Å². The van der Waals surface area contributed by atoms with Gasteiger partial charge in [-0.1, -0.05) is 49.4 Å². The molecule has 0 bridgehead atoms. The number of hydrogen-bond acceptors (Lipinski definition) is 3. The molecule has 0 radical (unpaired) electrons. The van der Waals surface area contributed by atoms with Crippen molar-refractivity contribution in [3.63, 3.8) is 0 Å². The second-order valence-corrected chi connectivity index (χ2v) is 6.67. The van der Waals surface area contributed by atoms with E-state index in [0.717, 1.165) is 42.3 Å². The van der Waals surface area contributed by atoms with E-state index in [1.54, 1.807) is 6.33 Å². The van der Waals surface area contributed by atoms with E-state index in [0.29, 0.717) is 19.6 Å². The van der Waals surface area contributed by atoms with Crippen molar-refractivity contribution in [2.24, 2.45) is 4.99 Å². The number of benzene rings is 2. The predicted molar refractivity (Wildman–Crippen MR) is 113 cm³/mol. The molecule has 6 nitrogen and oxygen atoms in total. The Morgan fingerprint density at radius 2 is 1.76 bits per heavy atom. The van der Waals surface area contributed by atoms with Crippen LogP contribution in [-0.4, -0.2) is 33.8 Å². The molecule has 3 rings (SSSR count). The normalized spacial score (nSPS) is 11.4. The van der Waals surface area contributed by atoms with Gasteiger partial charge in [0.25, 0.3) is 0 Å². The summed E-state index contributed by atoms with van der Waals surface area (Å²) in [6, 6.07) is 16.7. The molecule has 0 unspecified atom stereocenters. The maximum absolute atomic E-state index is 13.1. The van der Waals surface area contributed by atoms with Crippen LogP contribution in [-0.2, 0) is 25.9 Å². The number of hydrogen-bond donors (Lipinski definition) is 2. The van der Waals surface area contributed by atoms with E-state index in [9.17, 15) is 4.39 Å². The average Bonchev–Trinajstić information content (AvgIpc) is 3.21. The lowest BCUT2D eigenvalue weighted by Crippen LogP contribution is -2.40. The van der Waals surface area contributed by atoms with Crippen LogP contribution in [0.3, 0.4) is 0 Å². The van der Waals surface area contributed by atoms with Gasteiger partial charge in [-0.3, -0.25) is 0 Å². The fraction of sp³-hybridized carbons (Fsp3) is 0.318. The van der Waals surface area contributed by atoms with Gasteiger partial charge < -0.3 is 15.2 Å². The number of nitrogens with zero attached hydrogens (tertiary/aromatic N) is 4. The van der Waals surface area contributed by atoms with Crippen molar-refractivity contribution in [2.45, 2.75) is 32.9 Å². The fourth-order valence-corrected chi connectivity index (χ4v) is 2.94. The largest absolute Gasteiger partial charge is 0.356 e. The quantitative estimate of drug-likeness (QED) is 0.433. The van der Waals surface area contributed by atoms with Crippen LogP contribution in [0, 0.1) is 5.82 Å². The Hall–Kier alpha value is -3.22. The zero-order valence-corrected chi connectivity index (χ0v) is 16.7. The molecule has 2 aromatic carbocycles. The highest BCUT2D eigenvalue weighted by Crippen LogP contribution is 2.03. The van der Waals surface area contributed by atoms with Crippen LogP contribution in [0.4, 0.5) is 4.39 Å². The third-order valence-electron chi connectivity index (χ3n) is 4.54. The molecule has 0 aliphatic heterocycles. The van der Waals surface area contributed by atoms with Gasteiger partial charge in [-0.05, 0) is 29.7 Å². The third-order valence-corrected chi connectivity index (χ3v) is 4.54. The Morgan fingerprint density at radius 3 is 2.52 bits per heavy atom. The zero-order chi connectivity index (χ0) is 20.3. The molecule has 1 aromatic heterocycles. The molecule has 0 saturated heterocycles. The minimum absolute atomic E-state index is 0.214. The second-order valence-electron chi connectivity index (χ2n) is 6.67. The SMILES string of the molecule is CCc1nncn1CCNC(=NCc1ccccc1)NCCc1ccc(F)cc1. The van der Waals surface area contributed by atoms with E-state index >= 15 is 0 Å². The number of guanidine groups is 1. The highest BCUT2D eigenvalue weighted by molar-refractivity contribution is 5.79.